The molecule has 19 heavy (non-hydrogen) atoms. The Morgan fingerprint density at radius 2 is 2.00 bits per heavy atom. The van der Waals surface area contributed by atoms with Crippen LogP contribution in [0.25, 0.3) is 0 Å². The lowest BCUT2D eigenvalue weighted by Crippen LogP contribution is -2.02. The first-order valence-electron chi connectivity index (χ1n) is 6.06. The quantitative estimate of drug-likeness (QED) is 0.443. The monoisotopic (exact) mass is 280 g/mol. The highest BCUT2D eigenvalue weighted by molar-refractivity contribution is 6.29. The number of rotatable bonds is 6. The molecule has 0 saturated heterocycles. The van der Waals surface area contributed by atoms with Crippen molar-refractivity contribution in [2.45, 2.75) is 19.8 Å². The zero-order chi connectivity index (χ0) is 14.1. The van der Waals surface area contributed by atoms with E-state index in [0.717, 1.165) is 12.8 Å². The molecule has 1 rings (SSSR count). The topological polar surface area (TPSA) is 35.5 Å². The minimum atomic E-state index is -0.493. The van der Waals surface area contributed by atoms with Crippen molar-refractivity contribution in [1.29, 1.82) is 0 Å². The van der Waals surface area contributed by atoms with E-state index in [-0.39, 0.29) is 5.22 Å². The number of halogens is 1. The molecule has 0 radical (unpaired) electrons. The zero-order valence-corrected chi connectivity index (χ0v) is 11.8. The maximum absolute atomic E-state index is 11.7. The molecular weight excluding hydrogens is 264 g/mol. The summed E-state index contributed by atoms with van der Waals surface area (Å²) < 4.78 is 9.99. The number of methoxy groups -OCH3 is 1. The van der Waals surface area contributed by atoms with E-state index in [9.17, 15) is 4.79 Å². The number of hydrogen-bond donors (Lipinski definition) is 0. The molecular formula is C15H17ClO3. The molecule has 0 unspecified atom stereocenters. The molecule has 0 atom stereocenters. The molecule has 0 fully saturated rings. The van der Waals surface area contributed by atoms with E-state index >= 15 is 0 Å². The molecule has 0 heterocycles. The van der Waals surface area contributed by atoms with Crippen molar-refractivity contribution in [3.63, 3.8) is 0 Å². The lowest BCUT2D eigenvalue weighted by molar-refractivity contribution is 0.0649. The summed E-state index contributed by atoms with van der Waals surface area (Å²) in [5.41, 5.74) is 0.421. The second-order valence-corrected chi connectivity index (χ2v) is 4.18. The van der Waals surface area contributed by atoms with Crippen LogP contribution in [-0.2, 0) is 4.74 Å². The van der Waals surface area contributed by atoms with Crippen molar-refractivity contribution >= 4 is 17.6 Å². The molecule has 0 N–H and O–H groups in total. The molecule has 0 aliphatic heterocycles. The van der Waals surface area contributed by atoms with Crippen LogP contribution in [0.4, 0.5) is 0 Å². The van der Waals surface area contributed by atoms with Gasteiger partial charge in [0.25, 0.3) is 0 Å². The number of carbonyl (C=O) groups excluding carboxylic acids is 1. The van der Waals surface area contributed by atoms with Crippen molar-refractivity contribution in [2.24, 2.45) is 0 Å². The molecule has 0 spiro atoms. The van der Waals surface area contributed by atoms with Gasteiger partial charge >= 0.3 is 5.97 Å². The fourth-order valence-electron chi connectivity index (χ4n) is 1.32. The smallest absolute Gasteiger partial charge is 0.344 e. The molecule has 3 nitrogen and oxygen atoms in total. The zero-order valence-electron chi connectivity index (χ0n) is 11.1. The summed E-state index contributed by atoms with van der Waals surface area (Å²) in [6.07, 6.45) is 7.32. The Balaban J connectivity index is 2.58. The van der Waals surface area contributed by atoms with E-state index in [1.54, 1.807) is 43.5 Å². The minimum absolute atomic E-state index is 0.0492. The molecule has 0 saturated carbocycles. The Morgan fingerprint density at radius 3 is 2.58 bits per heavy atom. The molecule has 0 aromatic heterocycles. The van der Waals surface area contributed by atoms with Crippen LogP contribution in [-0.4, -0.2) is 13.1 Å². The Kier molecular flexibility index (Phi) is 6.75. The molecule has 102 valence electrons. The van der Waals surface area contributed by atoms with Gasteiger partial charge in [-0.1, -0.05) is 25.5 Å². The van der Waals surface area contributed by atoms with Gasteiger partial charge in [-0.05, 0) is 48.4 Å². The third kappa shape index (κ3) is 5.62. The van der Waals surface area contributed by atoms with Gasteiger partial charge in [0, 0.05) is 0 Å². The van der Waals surface area contributed by atoms with Gasteiger partial charge < -0.3 is 9.47 Å². The van der Waals surface area contributed by atoms with Crippen molar-refractivity contribution in [2.75, 3.05) is 7.11 Å². The molecule has 0 aliphatic carbocycles. The van der Waals surface area contributed by atoms with E-state index in [1.165, 1.54) is 0 Å². The number of unbranched alkanes of at least 4 members (excludes halogenated alkanes) is 1. The van der Waals surface area contributed by atoms with Gasteiger partial charge in [0.05, 0.1) is 12.7 Å². The molecule has 0 amide bonds. The molecule has 4 heteroatoms. The van der Waals surface area contributed by atoms with Crippen molar-refractivity contribution in [3.8, 4) is 5.75 Å². The standard InChI is InChI=1S/C15H17ClO3/c1-3-4-5-6-7-14(16)19-15(17)12-8-10-13(18-2)11-9-12/h5-11H,3-4H2,1-2H3/b6-5+,14-7+. The predicted molar refractivity (Wildman–Crippen MR) is 76.4 cm³/mol. The summed E-state index contributed by atoms with van der Waals surface area (Å²) in [5.74, 6) is 0.188. The maximum Gasteiger partial charge on any atom is 0.344 e. The van der Waals surface area contributed by atoms with Gasteiger partial charge in [-0.2, -0.15) is 0 Å². The minimum Gasteiger partial charge on any atom is -0.497 e. The largest absolute Gasteiger partial charge is 0.497 e. The van der Waals surface area contributed by atoms with Crippen LogP contribution < -0.4 is 4.74 Å². The van der Waals surface area contributed by atoms with Crippen molar-refractivity contribution < 1.29 is 14.3 Å². The van der Waals surface area contributed by atoms with Gasteiger partial charge in [0.15, 0.2) is 5.22 Å². The van der Waals surface area contributed by atoms with Crippen LogP contribution in [0.15, 0.2) is 47.7 Å². The summed E-state index contributed by atoms with van der Waals surface area (Å²) in [4.78, 5) is 11.7. The Bertz CT molecular complexity index is 461. The Morgan fingerprint density at radius 1 is 1.32 bits per heavy atom. The number of ether oxygens (including phenoxy) is 2. The van der Waals surface area contributed by atoms with E-state index < -0.39 is 5.97 Å². The van der Waals surface area contributed by atoms with Crippen LogP contribution in [0.2, 0.25) is 0 Å². The highest BCUT2D eigenvalue weighted by Crippen LogP contribution is 2.14. The third-order valence-corrected chi connectivity index (χ3v) is 2.54. The summed E-state index contributed by atoms with van der Waals surface area (Å²) in [7, 11) is 1.57. The van der Waals surface area contributed by atoms with E-state index in [1.807, 2.05) is 6.08 Å². The fraction of sp³-hybridized carbons (Fsp3) is 0.267. The van der Waals surface area contributed by atoms with Crippen LogP contribution in [0.3, 0.4) is 0 Å². The lowest BCUT2D eigenvalue weighted by Gasteiger charge is -2.03. The highest BCUT2D eigenvalue weighted by atomic mass is 35.5. The van der Waals surface area contributed by atoms with Gasteiger partial charge in [-0.25, -0.2) is 4.79 Å². The second-order valence-electron chi connectivity index (χ2n) is 3.81. The van der Waals surface area contributed by atoms with Crippen LogP contribution in [0.1, 0.15) is 30.1 Å². The first kappa shape index (κ1) is 15.3. The average molecular weight is 281 g/mol. The summed E-state index contributed by atoms with van der Waals surface area (Å²) in [6.45, 7) is 2.08. The van der Waals surface area contributed by atoms with Crippen LogP contribution in [0.5, 0.6) is 5.75 Å². The first-order chi connectivity index (χ1) is 9.17. The van der Waals surface area contributed by atoms with Crippen LogP contribution >= 0.6 is 11.6 Å². The second kappa shape index (κ2) is 8.38. The SMILES string of the molecule is CCC/C=C/C=C(\Cl)OC(=O)c1ccc(OC)cc1. The Labute approximate surface area is 118 Å². The summed E-state index contributed by atoms with van der Waals surface area (Å²) in [6, 6.07) is 6.63. The molecule has 1 aromatic carbocycles. The molecule has 1 aromatic rings. The highest BCUT2D eigenvalue weighted by Gasteiger charge is 2.08. The van der Waals surface area contributed by atoms with Gasteiger partial charge in [0.1, 0.15) is 5.75 Å². The first-order valence-corrected chi connectivity index (χ1v) is 6.43. The lowest BCUT2D eigenvalue weighted by atomic mass is 10.2. The van der Waals surface area contributed by atoms with Gasteiger partial charge in [-0.3, -0.25) is 0 Å². The van der Waals surface area contributed by atoms with Gasteiger partial charge in [-0.15, -0.1) is 0 Å². The number of benzene rings is 1. The normalized spacial score (nSPS) is 11.6. The fourth-order valence-corrected chi connectivity index (χ4v) is 1.46. The predicted octanol–water partition coefficient (Wildman–Crippen LogP) is 4.29. The number of allylic oxidation sites excluding steroid dienone is 3. The van der Waals surface area contributed by atoms with Crippen molar-refractivity contribution in [1.82, 2.24) is 0 Å². The van der Waals surface area contributed by atoms with Crippen molar-refractivity contribution in [3.05, 3.63) is 53.3 Å². The number of carbonyl (C=O) groups is 1. The van der Waals surface area contributed by atoms with E-state index in [4.69, 9.17) is 21.1 Å². The van der Waals surface area contributed by atoms with E-state index in [2.05, 4.69) is 6.92 Å². The molecule has 0 aliphatic rings. The average Bonchev–Trinajstić information content (AvgIpc) is 2.43. The van der Waals surface area contributed by atoms with E-state index in [0.29, 0.717) is 11.3 Å². The summed E-state index contributed by atoms with van der Waals surface area (Å²) in [5, 5.41) is 0.0492. The van der Waals surface area contributed by atoms with Crippen LogP contribution in [0, 0.1) is 0 Å². The third-order valence-electron chi connectivity index (χ3n) is 2.33. The van der Waals surface area contributed by atoms with Gasteiger partial charge in [0.2, 0.25) is 0 Å². The maximum atomic E-state index is 11.7. The number of esters is 1. The molecule has 0 bridgehead atoms. The Hall–Kier alpha value is -1.74. The summed E-state index contributed by atoms with van der Waals surface area (Å²) >= 11 is 5.81. The number of hydrogen-bond acceptors (Lipinski definition) is 3.